The zero-order valence-electron chi connectivity index (χ0n) is 11.8. The second kappa shape index (κ2) is 6.08. The lowest BCUT2D eigenvalue weighted by molar-refractivity contribution is 0.0771. The summed E-state index contributed by atoms with van der Waals surface area (Å²) in [5.74, 6) is 1.21. The summed E-state index contributed by atoms with van der Waals surface area (Å²) in [6, 6.07) is 17.4. The van der Waals surface area contributed by atoms with Crippen LogP contribution in [0.2, 0.25) is 0 Å². The fourth-order valence-corrected chi connectivity index (χ4v) is 2.78. The molecule has 0 radical (unpaired) electrons. The molecule has 110 valence electrons. The monoisotopic (exact) mass is 302 g/mol. The van der Waals surface area contributed by atoms with E-state index in [1.165, 1.54) is 0 Å². The van der Waals surface area contributed by atoms with Crippen molar-refractivity contribution in [2.24, 2.45) is 0 Å². The van der Waals surface area contributed by atoms with Crippen LogP contribution in [0.3, 0.4) is 0 Å². The quantitative estimate of drug-likeness (QED) is 0.814. The number of hydrogen-bond acceptors (Lipinski definition) is 2. The van der Waals surface area contributed by atoms with Crippen molar-refractivity contribution in [1.29, 1.82) is 0 Å². The Balaban J connectivity index is 1.96. The minimum Gasteiger partial charge on any atom is -0.490 e. The molecule has 1 aliphatic rings. The van der Waals surface area contributed by atoms with E-state index >= 15 is 0 Å². The van der Waals surface area contributed by atoms with Gasteiger partial charge in [-0.3, -0.25) is 0 Å². The Kier molecular flexibility index (Phi) is 4.18. The number of hydrogen-bond donors (Lipinski definition) is 1. The van der Waals surface area contributed by atoms with Crippen molar-refractivity contribution in [1.82, 2.24) is 0 Å². The first-order valence-electron chi connectivity index (χ1n) is 7.33. The van der Waals surface area contributed by atoms with E-state index in [2.05, 4.69) is 0 Å². The highest BCUT2D eigenvalue weighted by atomic mass is 35.5. The summed E-state index contributed by atoms with van der Waals surface area (Å²) >= 11 is 5.93. The fraction of sp³-hybridized carbons (Fsp3) is 0.333. The summed E-state index contributed by atoms with van der Waals surface area (Å²) < 4.78 is 5.83. The molecule has 0 heterocycles. The number of rotatable bonds is 6. The minimum absolute atomic E-state index is 0.345. The van der Waals surface area contributed by atoms with E-state index in [0.717, 1.165) is 29.7 Å². The molecule has 1 fully saturated rings. The number of halogens is 1. The van der Waals surface area contributed by atoms with Gasteiger partial charge < -0.3 is 9.84 Å². The molecule has 1 N–H and O–H groups in total. The molecule has 1 saturated carbocycles. The highest BCUT2D eigenvalue weighted by molar-refractivity contribution is 6.17. The molecule has 0 amide bonds. The second-order valence-electron chi connectivity index (χ2n) is 5.51. The Morgan fingerprint density at radius 1 is 1.05 bits per heavy atom. The Morgan fingerprint density at radius 2 is 1.76 bits per heavy atom. The third kappa shape index (κ3) is 3.22. The van der Waals surface area contributed by atoms with Crippen molar-refractivity contribution in [3.8, 4) is 5.75 Å². The Hall–Kier alpha value is -1.51. The first-order chi connectivity index (χ1) is 10.2. The van der Waals surface area contributed by atoms with Gasteiger partial charge in [-0.15, -0.1) is 11.6 Å². The molecule has 0 bridgehead atoms. The molecule has 0 spiro atoms. The summed E-state index contributed by atoms with van der Waals surface area (Å²) in [6.07, 6.45) is 3.05. The fourth-order valence-electron chi connectivity index (χ4n) is 2.51. The summed E-state index contributed by atoms with van der Waals surface area (Å²) in [7, 11) is 0. The maximum atomic E-state index is 11.2. The van der Waals surface area contributed by atoms with Crippen LogP contribution in [0, 0.1) is 0 Å². The lowest BCUT2D eigenvalue weighted by atomic mass is 9.84. The molecular formula is C18H19ClO2. The molecule has 21 heavy (non-hydrogen) atoms. The van der Waals surface area contributed by atoms with E-state index < -0.39 is 5.60 Å². The second-order valence-corrected chi connectivity index (χ2v) is 5.89. The number of aliphatic hydroxyl groups is 1. The van der Waals surface area contributed by atoms with Gasteiger partial charge in [0, 0.05) is 5.88 Å². The summed E-state index contributed by atoms with van der Waals surface area (Å²) in [6.45, 7) is 0. The molecule has 0 saturated heterocycles. The maximum absolute atomic E-state index is 11.2. The average molecular weight is 303 g/mol. The van der Waals surface area contributed by atoms with Gasteiger partial charge in [-0.05, 0) is 42.5 Å². The highest BCUT2D eigenvalue weighted by Gasteiger charge is 2.31. The zero-order chi connectivity index (χ0) is 14.7. The van der Waals surface area contributed by atoms with E-state index in [1.54, 1.807) is 0 Å². The van der Waals surface area contributed by atoms with Crippen molar-refractivity contribution in [3.05, 3.63) is 65.7 Å². The zero-order valence-corrected chi connectivity index (χ0v) is 12.6. The predicted molar refractivity (Wildman–Crippen MR) is 84.9 cm³/mol. The standard InChI is InChI=1S/C18H19ClO2/c19-12-11-18(20,14-5-2-1-3-6-14)15-7-4-8-17(13-15)21-16-9-10-16/h1-8,13,16,20H,9-12H2. The van der Waals surface area contributed by atoms with Crippen molar-refractivity contribution in [2.75, 3.05) is 5.88 Å². The topological polar surface area (TPSA) is 29.5 Å². The molecule has 3 rings (SSSR count). The molecule has 1 atom stereocenters. The molecule has 2 nitrogen and oxygen atoms in total. The Morgan fingerprint density at radius 3 is 2.43 bits per heavy atom. The molecule has 2 aromatic carbocycles. The van der Waals surface area contributed by atoms with Gasteiger partial charge in [0.1, 0.15) is 11.4 Å². The van der Waals surface area contributed by atoms with Gasteiger partial charge in [0.05, 0.1) is 6.10 Å². The van der Waals surface area contributed by atoms with Gasteiger partial charge >= 0.3 is 0 Å². The Bertz CT molecular complexity index is 595. The van der Waals surface area contributed by atoms with Crippen LogP contribution in [0.25, 0.3) is 0 Å². The predicted octanol–water partition coefficient (Wildman–Crippen LogP) is 4.09. The lowest BCUT2D eigenvalue weighted by Crippen LogP contribution is -2.28. The summed E-state index contributed by atoms with van der Waals surface area (Å²) in [4.78, 5) is 0. The highest BCUT2D eigenvalue weighted by Crippen LogP contribution is 2.36. The molecule has 1 unspecified atom stereocenters. The van der Waals surface area contributed by atoms with E-state index in [-0.39, 0.29) is 0 Å². The van der Waals surface area contributed by atoms with Crippen LogP contribution in [0.5, 0.6) is 5.75 Å². The minimum atomic E-state index is -1.08. The molecule has 0 aromatic heterocycles. The largest absolute Gasteiger partial charge is 0.490 e. The molecule has 1 aliphatic carbocycles. The molecular weight excluding hydrogens is 284 g/mol. The van der Waals surface area contributed by atoms with Gasteiger partial charge in [0.25, 0.3) is 0 Å². The van der Waals surface area contributed by atoms with Gasteiger partial charge in [0.15, 0.2) is 0 Å². The number of alkyl halides is 1. The van der Waals surface area contributed by atoms with Gasteiger partial charge in [-0.2, -0.15) is 0 Å². The third-order valence-electron chi connectivity index (χ3n) is 3.85. The first-order valence-corrected chi connectivity index (χ1v) is 7.87. The molecule has 0 aliphatic heterocycles. The Labute approximate surface area is 130 Å². The van der Waals surface area contributed by atoms with Crippen LogP contribution in [-0.2, 0) is 5.60 Å². The van der Waals surface area contributed by atoms with Crippen LogP contribution < -0.4 is 4.74 Å². The van der Waals surface area contributed by atoms with Crippen molar-refractivity contribution < 1.29 is 9.84 Å². The summed E-state index contributed by atoms with van der Waals surface area (Å²) in [5, 5.41) is 11.2. The lowest BCUT2D eigenvalue weighted by Gasteiger charge is -2.29. The van der Waals surface area contributed by atoms with Crippen molar-refractivity contribution >= 4 is 11.6 Å². The van der Waals surface area contributed by atoms with Crippen LogP contribution in [0.15, 0.2) is 54.6 Å². The summed E-state index contributed by atoms with van der Waals surface area (Å²) in [5.41, 5.74) is 0.605. The van der Waals surface area contributed by atoms with E-state index in [0.29, 0.717) is 18.4 Å². The average Bonchev–Trinajstić information content (AvgIpc) is 3.32. The smallest absolute Gasteiger partial charge is 0.120 e. The van der Waals surface area contributed by atoms with E-state index in [9.17, 15) is 5.11 Å². The third-order valence-corrected chi connectivity index (χ3v) is 4.04. The van der Waals surface area contributed by atoms with Crippen LogP contribution in [0.1, 0.15) is 30.4 Å². The van der Waals surface area contributed by atoms with Crippen LogP contribution in [0.4, 0.5) is 0 Å². The number of benzene rings is 2. The van der Waals surface area contributed by atoms with Gasteiger partial charge in [-0.25, -0.2) is 0 Å². The van der Waals surface area contributed by atoms with Gasteiger partial charge in [-0.1, -0.05) is 42.5 Å². The first kappa shape index (κ1) is 14.4. The number of ether oxygens (including phenoxy) is 1. The molecule has 2 aromatic rings. The van der Waals surface area contributed by atoms with Gasteiger partial charge in [0.2, 0.25) is 0 Å². The van der Waals surface area contributed by atoms with E-state index in [4.69, 9.17) is 16.3 Å². The van der Waals surface area contributed by atoms with Crippen molar-refractivity contribution in [2.45, 2.75) is 31.0 Å². The maximum Gasteiger partial charge on any atom is 0.120 e. The SMILES string of the molecule is OC(CCCl)(c1ccccc1)c1cccc(OC2CC2)c1. The van der Waals surface area contributed by atoms with Crippen molar-refractivity contribution in [3.63, 3.8) is 0 Å². The van der Waals surface area contributed by atoms with Crippen LogP contribution in [-0.4, -0.2) is 17.1 Å². The van der Waals surface area contributed by atoms with Crippen LogP contribution >= 0.6 is 11.6 Å². The molecule has 3 heteroatoms. The normalized spacial score (nSPS) is 17.2. The van der Waals surface area contributed by atoms with E-state index in [1.807, 2.05) is 54.6 Å².